The molecule has 2 amide bonds. The third kappa shape index (κ3) is 7.70. The summed E-state index contributed by atoms with van der Waals surface area (Å²) < 4.78 is 30.0. The lowest BCUT2D eigenvalue weighted by atomic mass is 10.1. The maximum Gasteiger partial charge on any atom is 0.264 e. The molecule has 7 nitrogen and oxygen atoms in total. The Morgan fingerprint density at radius 3 is 2.26 bits per heavy atom. The van der Waals surface area contributed by atoms with Gasteiger partial charge in [-0.2, -0.15) is 0 Å². The number of aryl methyl sites for hydroxylation is 3. The van der Waals surface area contributed by atoms with E-state index in [4.69, 9.17) is 0 Å². The van der Waals surface area contributed by atoms with Crippen molar-refractivity contribution in [3.8, 4) is 0 Å². The minimum atomic E-state index is -4.10. The van der Waals surface area contributed by atoms with E-state index >= 15 is 0 Å². The summed E-state index contributed by atoms with van der Waals surface area (Å²) >= 11 is 3.46. The molecule has 0 spiro atoms. The second-order valence-corrected chi connectivity index (χ2v) is 12.5. The lowest BCUT2D eigenvalue weighted by Crippen LogP contribution is -2.51. The summed E-state index contributed by atoms with van der Waals surface area (Å²) in [4.78, 5) is 28.5. The highest BCUT2D eigenvalue weighted by Gasteiger charge is 2.33. The van der Waals surface area contributed by atoms with Crippen LogP contribution in [-0.2, 0) is 26.2 Å². The van der Waals surface area contributed by atoms with Crippen molar-refractivity contribution in [2.75, 3.05) is 17.4 Å². The maximum absolute atomic E-state index is 14.0. The van der Waals surface area contributed by atoms with Crippen LogP contribution < -0.4 is 9.62 Å². The SMILES string of the molecule is CCCNC(=O)C(C)N(Cc1cccc(Br)c1)C(=O)CN(c1cc(C)ccc1C)S(=O)(=O)c1ccc(C)cc1. The Labute approximate surface area is 240 Å². The second kappa shape index (κ2) is 13.3. The van der Waals surface area contributed by atoms with Gasteiger partial charge in [-0.3, -0.25) is 13.9 Å². The smallest absolute Gasteiger partial charge is 0.264 e. The lowest BCUT2D eigenvalue weighted by molar-refractivity contribution is -0.139. The summed E-state index contributed by atoms with van der Waals surface area (Å²) in [6, 6.07) is 18.7. The highest BCUT2D eigenvalue weighted by molar-refractivity contribution is 9.10. The molecule has 0 heterocycles. The number of halogens is 1. The van der Waals surface area contributed by atoms with Crippen molar-refractivity contribution in [1.29, 1.82) is 0 Å². The van der Waals surface area contributed by atoms with Gasteiger partial charge in [0.05, 0.1) is 10.6 Å². The number of benzene rings is 3. The Morgan fingerprint density at radius 2 is 1.62 bits per heavy atom. The topological polar surface area (TPSA) is 86.8 Å². The number of hydrogen-bond acceptors (Lipinski definition) is 4. The van der Waals surface area contributed by atoms with Crippen LogP contribution >= 0.6 is 15.9 Å². The van der Waals surface area contributed by atoms with Crippen LogP contribution in [0.3, 0.4) is 0 Å². The summed E-state index contributed by atoms with van der Waals surface area (Å²) in [5, 5.41) is 2.85. The van der Waals surface area contributed by atoms with Crippen molar-refractivity contribution >= 4 is 43.5 Å². The molecule has 0 aromatic heterocycles. The summed E-state index contributed by atoms with van der Waals surface area (Å²) in [5.74, 6) is -0.773. The Bertz CT molecular complexity index is 1420. The van der Waals surface area contributed by atoms with E-state index in [0.717, 1.165) is 37.5 Å². The van der Waals surface area contributed by atoms with Crippen molar-refractivity contribution in [3.05, 3.63) is 93.5 Å². The summed E-state index contributed by atoms with van der Waals surface area (Å²) in [6.45, 7) is 9.36. The van der Waals surface area contributed by atoms with Crippen LogP contribution in [0.4, 0.5) is 5.69 Å². The number of anilines is 1. The fourth-order valence-corrected chi connectivity index (χ4v) is 6.07. The Balaban J connectivity index is 2.06. The number of rotatable bonds is 11. The van der Waals surface area contributed by atoms with Gasteiger partial charge in [0, 0.05) is 17.6 Å². The molecular formula is C30H36BrN3O4S. The largest absolute Gasteiger partial charge is 0.354 e. The summed E-state index contributed by atoms with van der Waals surface area (Å²) in [6.07, 6.45) is 0.757. The second-order valence-electron chi connectivity index (χ2n) is 9.73. The molecule has 0 bridgehead atoms. The van der Waals surface area contributed by atoms with E-state index in [1.165, 1.54) is 4.90 Å². The van der Waals surface area contributed by atoms with Crippen molar-refractivity contribution in [2.24, 2.45) is 0 Å². The molecule has 39 heavy (non-hydrogen) atoms. The molecule has 208 valence electrons. The highest BCUT2D eigenvalue weighted by atomic mass is 79.9. The molecule has 9 heteroatoms. The molecule has 3 rings (SSSR count). The van der Waals surface area contributed by atoms with Gasteiger partial charge in [0.2, 0.25) is 11.8 Å². The zero-order valence-electron chi connectivity index (χ0n) is 23.1. The van der Waals surface area contributed by atoms with Crippen molar-refractivity contribution < 1.29 is 18.0 Å². The number of amides is 2. The van der Waals surface area contributed by atoms with Gasteiger partial charge in [0.1, 0.15) is 12.6 Å². The van der Waals surface area contributed by atoms with Crippen molar-refractivity contribution in [1.82, 2.24) is 10.2 Å². The number of nitrogens with one attached hydrogen (secondary N) is 1. The van der Waals surface area contributed by atoms with Crippen LogP contribution in [0.15, 0.2) is 76.1 Å². The Morgan fingerprint density at radius 1 is 0.949 bits per heavy atom. The average molecular weight is 615 g/mol. The van der Waals surface area contributed by atoms with E-state index in [1.54, 1.807) is 37.3 Å². The molecule has 1 atom stereocenters. The van der Waals surface area contributed by atoms with Gasteiger partial charge in [-0.1, -0.05) is 64.8 Å². The normalized spacial score (nSPS) is 12.1. The Kier molecular flexibility index (Phi) is 10.3. The molecule has 3 aromatic rings. The van der Waals surface area contributed by atoms with Crippen molar-refractivity contribution in [3.63, 3.8) is 0 Å². The predicted octanol–water partition coefficient (Wildman–Crippen LogP) is 5.51. The molecule has 3 aromatic carbocycles. The van der Waals surface area contributed by atoms with Gasteiger partial charge in [0.15, 0.2) is 0 Å². The minimum absolute atomic E-state index is 0.0917. The van der Waals surface area contributed by atoms with Crippen LogP contribution in [0.1, 0.15) is 42.5 Å². The van der Waals surface area contributed by atoms with Crippen LogP contribution in [0, 0.1) is 20.8 Å². The van der Waals surface area contributed by atoms with Gasteiger partial charge in [-0.15, -0.1) is 0 Å². The van der Waals surface area contributed by atoms with Crippen LogP contribution in [0.2, 0.25) is 0 Å². The van der Waals surface area contributed by atoms with Crippen LogP contribution in [-0.4, -0.2) is 44.3 Å². The standard InChI is InChI=1S/C30H36BrN3O4S/c1-6-16-32-30(36)24(5)33(19-25-8-7-9-26(31)18-25)29(35)20-34(28-17-22(3)10-13-23(28)4)39(37,38)27-14-11-21(2)12-15-27/h7-15,17-18,24H,6,16,19-20H2,1-5H3,(H,32,36). The molecule has 1 N–H and O–H groups in total. The number of carbonyl (C=O) groups is 2. The van der Waals surface area contributed by atoms with E-state index in [0.29, 0.717) is 12.2 Å². The first kappa shape index (κ1) is 30.4. The van der Waals surface area contributed by atoms with E-state index in [-0.39, 0.29) is 17.3 Å². The molecule has 0 saturated carbocycles. The van der Waals surface area contributed by atoms with Gasteiger partial charge in [-0.05, 0) is 81.1 Å². The highest BCUT2D eigenvalue weighted by Crippen LogP contribution is 2.29. The number of nitrogens with zero attached hydrogens (tertiary/aromatic N) is 2. The third-order valence-electron chi connectivity index (χ3n) is 6.48. The quantitative estimate of drug-likeness (QED) is 0.309. The first-order valence-electron chi connectivity index (χ1n) is 12.9. The molecular weight excluding hydrogens is 578 g/mol. The van der Waals surface area contributed by atoms with Crippen molar-refractivity contribution in [2.45, 2.75) is 58.5 Å². The molecule has 0 aliphatic rings. The zero-order chi connectivity index (χ0) is 28.7. The van der Waals surface area contributed by atoms with Crippen LogP contribution in [0.25, 0.3) is 0 Å². The number of carbonyl (C=O) groups excluding carboxylic acids is 2. The Hall–Kier alpha value is -3.17. The van der Waals surface area contributed by atoms with E-state index < -0.39 is 28.5 Å². The molecule has 0 fully saturated rings. The predicted molar refractivity (Wildman–Crippen MR) is 159 cm³/mol. The van der Waals surface area contributed by atoms with Gasteiger partial charge in [-0.25, -0.2) is 8.42 Å². The number of hydrogen-bond donors (Lipinski definition) is 1. The first-order chi connectivity index (χ1) is 18.4. The van der Waals surface area contributed by atoms with Gasteiger partial charge in [0.25, 0.3) is 10.0 Å². The average Bonchev–Trinajstić information content (AvgIpc) is 2.90. The van der Waals surface area contributed by atoms with E-state index in [9.17, 15) is 18.0 Å². The molecule has 0 aliphatic carbocycles. The first-order valence-corrected chi connectivity index (χ1v) is 15.2. The van der Waals surface area contributed by atoms with Gasteiger partial charge >= 0.3 is 0 Å². The minimum Gasteiger partial charge on any atom is -0.354 e. The summed E-state index contributed by atoms with van der Waals surface area (Å²) in [7, 11) is -4.10. The fraction of sp³-hybridized carbons (Fsp3) is 0.333. The van der Waals surface area contributed by atoms with E-state index in [1.807, 2.05) is 64.1 Å². The lowest BCUT2D eigenvalue weighted by Gasteiger charge is -2.32. The summed E-state index contributed by atoms with van der Waals surface area (Å²) in [5.41, 5.74) is 3.75. The third-order valence-corrected chi connectivity index (χ3v) is 8.75. The van der Waals surface area contributed by atoms with Gasteiger partial charge < -0.3 is 10.2 Å². The number of sulfonamides is 1. The van der Waals surface area contributed by atoms with E-state index in [2.05, 4.69) is 21.2 Å². The molecule has 0 radical (unpaired) electrons. The molecule has 0 aliphatic heterocycles. The maximum atomic E-state index is 14.0. The zero-order valence-corrected chi connectivity index (χ0v) is 25.5. The molecule has 1 unspecified atom stereocenters. The molecule has 0 saturated heterocycles. The monoisotopic (exact) mass is 613 g/mol. The fourth-order valence-electron chi connectivity index (χ4n) is 4.15. The van der Waals surface area contributed by atoms with Crippen LogP contribution in [0.5, 0.6) is 0 Å².